The Balaban J connectivity index is 1.94. The van der Waals surface area contributed by atoms with Gasteiger partial charge in [-0.15, -0.1) is 0 Å². The van der Waals surface area contributed by atoms with Crippen LogP contribution in [-0.4, -0.2) is 46.7 Å². The van der Waals surface area contributed by atoms with E-state index in [0.29, 0.717) is 24.7 Å². The summed E-state index contributed by atoms with van der Waals surface area (Å²) in [6.07, 6.45) is -0.181. The van der Waals surface area contributed by atoms with Gasteiger partial charge in [-0.1, -0.05) is 6.07 Å². The fourth-order valence-corrected chi connectivity index (χ4v) is 3.84. The lowest BCUT2D eigenvalue weighted by atomic mass is 10.2. The topological polar surface area (TPSA) is 55.8 Å². The van der Waals surface area contributed by atoms with Crippen LogP contribution >= 0.6 is 0 Å². The number of ether oxygens (including phenoxy) is 2. The first-order valence-corrected chi connectivity index (χ1v) is 8.93. The van der Waals surface area contributed by atoms with Gasteiger partial charge in [-0.25, -0.2) is 12.8 Å². The summed E-state index contributed by atoms with van der Waals surface area (Å²) in [6, 6.07) is 9.37. The van der Waals surface area contributed by atoms with Crippen molar-refractivity contribution < 1.29 is 22.3 Å². The minimum atomic E-state index is -3.82. The van der Waals surface area contributed by atoms with E-state index in [2.05, 4.69) is 0 Å². The fraction of sp³-hybridized carbons (Fsp3) is 0.294. The Morgan fingerprint density at radius 1 is 1.12 bits per heavy atom. The van der Waals surface area contributed by atoms with Crippen molar-refractivity contribution >= 4 is 9.84 Å². The van der Waals surface area contributed by atoms with Crippen molar-refractivity contribution in [3.63, 3.8) is 0 Å². The molecule has 0 spiro atoms. The Bertz CT molecular complexity index is 851. The third-order valence-corrected chi connectivity index (χ3v) is 5.37. The van der Waals surface area contributed by atoms with Crippen LogP contribution in [0, 0.1) is 5.82 Å². The molecule has 2 aromatic rings. The molecule has 1 aliphatic rings. The standard InChI is InChI=1S/C17H18FNO4S/c1-19(2)10-13-11-22-16-7-6-15(9-17(16)23-13)24(20,21)14-5-3-4-12(18)8-14/h3-9,13H,10-11H2,1-2H3/t13-/m1/s1. The van der Waals surface area contributed by atoms with Crippen molar-refractivity contribution in [1.82, 2.24) is 4.90 Å². The van der Waals surface area contributed by atoms with Crippen molar-refractivity contribution in [2.45, 2.75) is 15.9 Å². The molecule has 0 N–H and O–H groups in total. The molecule has 0 aromatic heterocycles. The van der Waals surface area contributed by atoms with Gasteiger partial charge in [0.2, 0.25) is 9.84 Å². The maximum Gasteiger partial charge on any atom is 0.206 e. The number of benzene rings is 2. The molecule has 1 aliphatic heterocycles. The normalized spacial score (nSPS) is 17.1. The third-order valence-electron chi connectivity index (χ3n) is 3.62. The zero-order chi connectivity index (χ0) is 17.3. The lowest BCUT2D eigenvalue weighted by Gasteiger charge is -2.28. The zero-order valence-electron chi connectivity index (χ0n) is 13.4. The monoisotopic (exact) mass is 351 g/mol. The number of rotatable bonds is 4. The lowest BCUT2D eigenvalue weighted by molar-refractivity contribution is 0.0707. The van der Waals surface area contributed by atoms with Gasteiger partial charge >= 0.3 is 0 Å². The number of nitrogens with zero attached hydrogens (tertiary/aromatic N) is 1. The summed E-state index contributed by atoms with van der Waals surface area (Å²) in [5, 5.41) is 0. The van der Waals surface area contributed by atoms with E-state index in [4.69, 9.17) is 9.47 Å². The van der Waals surface area contributed by atoms with E-state index in [9.17, 15) is 12.8 Å². The summed E-state index contributed by atoms with van der Waals surface area (Å²) >= 11 is 0. The van der Waals surface area contributed by atoms with E-state index in [0.717, 1.165) is 6.07 Å². The van der Waals surface area contributed by atoms with Gasteiger partial charge in [0.05, 0.1) is 9.79 Å². The minimum Gasteiger partial charge on any atom is -0.486 e. The molecule has 1 heterocycles. The summed E-state index contributed by atoms with van der Waals surface area (Å²) in [5.74, 6) is 0.286. The number of fused-ring (bicyclic) bond motifs is 1. The fourth-order valence-electron chi connectivity index (χ4n) is 2.53. The van der Waals surface area contributed by atoms with E-state index in [1.807, 2.05) is 19.0 Å². The number of hydrogen-bond donors (Lipinski definition) is 0. The Morgan fingerprint density at radius 2 is 1.88 bits per heavy atom. The Kier molecular flexibility index (Phi) is 4.47. The largest absolute Gasteiger partial charge is 0.486 e. The van der Waals surface area contributed by atoms with E-state index in [1.54, 1.807) is 6.07 Å². The second-order valence-electron chi connectivity index (χ2n) is 5.88. The van der Waals surface area contributed by atoms with Gasteiger partial charge in [0.25, 0.3) is 0 Å². The number of hydrogen-bond acceptors (Lipinski definition) is 5. The average molecular weight is 351 g/mol. The number of likely N-dealkylation sites (N-methyl/N-ethyl adjacent to an activating group) is 1. The highest BCUT2D eigenvalue weighted by molar-refractivity contribution is 7.91. The molecular formula is C17H18FNO4S. The molecule has 24 heavy (non-hydrogen) atoms. The van der Waals surface area contributed by atoms with E-state index < -0.39 is 15.7 Å². The molecule has 0 amide bonds. The van der Waals surface area contributed by atoms with Crippen LogP contribution in [0.2, 0.25) is 0 Å². The van der Waals surface area contributed by atoms with Gasteiger partial charge in [-0.05, 0) is 44.4 Å². The second kappa shape index (κ2) is 6.41. The van der Waals surface area contributed by atoms with Gasteiger partial charge in [0.1, 0.15) is 18.5 Å². The minimum absolute atomic E-state index is 0.0425. The Labute approximate surface area is 140 Å². The SMILES string of the molecule is CN(C)C[C@@H]1COc2ccc(S(=O)(=O)c3cccc(F)c3)cc2O1. The molecule has 0 saturated heterocycles. The van der Waals surface area contributed by atoms with Crippen LogP contribution < -0.4 is 9.47 Å². The summed E-state index contributed by atoms with van der Waals surface area (Å²) in [5.41, 5.74) is 0. The zero-order valence-corrected chi connectivity index (χ0v) is 14.2. The smallest absolute Gasteiger partial charge is 0.206 e. The van der Waals surface area contributed by atoms with E-state index >= 15 is 0 Å². The highest BCUT2D eigenvalue weighted by Gasteiger charge is 2.25. The van der Waals surface area contributed by atoms with Crippen molar-refractivity contribution in [2.75, 3.05) is 27.2 Å². The molecule has 0 saturated carbocycles. The molecule has 7 heteroatoms. The summed E-state index contributed by atoms with van der Waals surface area (Å²) in [6.45, 7) is 1.06. The van der Waals surface area contributed by atoms with Gasteiger partial charge < -0.3 is 14.4 Å². The number of sulfone groups is 1. The second-order valence-corrected chi connectivity index (χ2v) is 7.83. The highest BCUT2D eigenvalue weighted by Crippen LogP contribution is 2.35. The number of halogens is 1. The first kappa shape index (κ1) is 16.7. The lowest BCUT2D eigenvalue weighted by Crippen LogP contribution is -2.38. The predicted molar refractivity (Wildman–Crippen MR) is 86.8 cm³/mol. The first-order valence-electron chi connectivity index (χ1n) is 7.45. The molecule has 128 valence electrons. The Hall–Kier alpha value is -2.12. The van der Waals surface area contributed by atoms with Crippen molar-refractivity contribution in [1.29, 1.82) is 0 Å². The molecule has 0 fully saturated rings. The van der Waals surface area contributed by atoms with Crippen molar-refractivity contribution in [2.24, 2.45) is 0 Å². The third kappa shape index (κ3) is 3.37. The maximum atomic E-state index is 13.3. The van der Waals surface area contributed by atoms with Crippen LogP contribution in [0.4, 0.5) is 4.39 Å². The van der Waals surface area contributed by atoms with E-state index in [1.165, 1.54) is 30.3 Å². The van der Waals surface area contributed by atoms with Crippen LogP contribution in [-0.2, 0) is 9.84 Å². The van der Waals surface area contributed by atoms with Crippen LogP contribution in [0.5, 0.6) is 11.5 Å². The molecule has 2 aromatic carbocycles. The van der Waals surface area contributed by atoms with Crippen LogP contribution in [0.3, 0.4) is 0 Å². The van der Waals surface area contributed by atoms with E-state index in [-0.39, 0.29) is 15.9 Å². The molecule has 0 radical (unpaired) electrons. The quantitative estimate of drug-likeness (QED) is 0.846. The van der Waals surface area contributed by atoms with Crippen molar-refractivity contribution in [3.05, 3.63) is 48.3 Å². The van der Waals surface area contributed by atoms with Crippen LogP contribution in [0.25, 0.3) is 0 Å². The Morgan fingerprint density at radius 3 is 2.58 bits per heavy atom. The molecular weight excluding hydrogens is 333 g/mol. The van der Waals surface area contributed by atoms with Crippen molar-refractivity contribution in [3.8, 4) is 11.5 Å². The highest BCUT2D eigenvalue weighted by atomic mass is 32.2. The molecule has 0 aliphatic carbocycles. The molecule has 5 nitrogen and oxygen atoms in total. The van der Waals surface area contributed by atoms with Gasteiger partial charge in [-0.2, -0.15) is 0 Å². The summed E-state index contributed by atoms with van der Waals surface area (Å²) < 4.78 is 50.1. The van der Waals surface area contributed by atoms with Crippen LogP contribution in [0.1, 0.15) is 0 Å². The van der Waals surface area contributed by atoms with Gasteiger partial charge in [0, 0.05) is 12.6 Å². The molecule has 0 unspecified atom stereocenters. The average Bonchev–Trinajstić information content (AvgIpc) is 2.53. The van der Waals surface area contributed by atoms with Crippen LogP contribution in [0.15, 0.2) is 52.3 Å². The summed E-state index contributed by atoms with van der Waals surface area (Å²) in [7, 11) is 0.0192. The van der Waals surface area contributed by atoms with Gasteiger partial charge in [0.15, 0.2) is 11.5 Å². The maximum absolute atomic E-state index is 13.3. The molecule has 0 bridgehead atoms. The molecule has 3 rings (SSSR count). The molecule has 1 atom stereocenters. The first-order chi connectivity index (χ1) is 11.4. The summed E-state index contributed by atoms with van der Waals surface area (Å²) in [4.78, 5) is 1.91. The van der Waals surface area contributed by atoms with Gasteiger partial charge in [-0.3, -0.25) is 0 Å². The predicted octanol–water partition coefficient (Wildman–Crippen LogP) is 2.36.